The minimum absolute atomic E-state index is 0.159. The van der Waals surface area contributed by atoms with Crippen LogP contribution in [0.3, 0.4) is 0 Å². The van der Waals surface area contributed by atoms with E-state index in [2.05, 4.69) is 5.32 Å². The fourth-order valence-corrected chi connectivity index (χ4v) is 3.20. The predicted octanol–water partition coefficient (Wildman–Crippen LogP) is 2.44. The third-order valence-electron chi connectivity index (χ3n) is 4.32. The molecule has 0 saturated carbocycles. The first-order valence-corrected chi connectivity index (χ1v) is 6.92. The van der Waals surface area contributed by atoms with Crippen molar-refractivity contribution in [3.05, 3.63) is 34.6 Å². The average Bonchev–Trinajstić information content (AvgIpc) is 2.87. The Morgan fingerprint density at radius 1 is 1.26 bits per heavy atom. The zero-order valence-corrected chi connectivity index (χ0v) is 10.8. The number of hydrogen-bond acceptors (Lipinski definition) is 2. The van der Waals surface area contributed by atoms with Crippen LogP contribution >= 0.6 is 0 Å². The fourth-order valence-electron chi connectivity index (χ4n) is 3.20. The Labute approximate surface area is 111 Å². The molecule has 2 aliphatic rings. The Balaban J connectivity index is 1.87. The van der Waals surface area contributed by atoms with E-state index >= 15 is 0 Å². The van der Waals surface area contributed by atoms with Crippen molar-refractivity contribution in [2.75, 3.05) is 6.54 Å². The van der Waals surface area contributed by atoms with Crippen LogP contribution < -0.4 is 5.32 Å². The SMILES string of the molecule is O=C(O)C1CNC(c2cc3c(cc2F)CCCC3)C1. The van der Waals surface area contributed by atoms with Crippen molar-refractivity contribution in [1.82, 2.24) is 5.32 Å². The third kappa shape index (κ3) is 2.37. The number of aliphatic carboxylic acids is 1. The molecule has 1 fully saturated rings. The summed E-state index contributed by atoms with van der Waals surface area (Å²) in [7, 11) is 0. The first kappa shape index (κ1) is 12.6. The molecule has 3 rings (SSSR count). The number of fused-ring (bicyclic) bond motifs is 1. The Morgan fingerprint density at radius 2 is 1.95 bits per heavy atom. The number of carboxylic acid groups (broad SMARTS) is 1. The van der Waals surface area contributed by atoms with E-state index < -0.39 is 11.9 Å². The van der Waals surface area contributed by atoms with Gasteiger partial charge in [-0.25, -0.2) is 4.39 Å². The van der Waals surface area contributed by atoms with Crippen molar-refractivity contribution in [3.63, 3.8) is 0 Å². The second kappa shape index (κ2) is 4.93. The van der Waals surface area contributed by atoms with Crippen LogP contribution in [-0.2, 0) is 17.6 Å². The molecular weight excluding hydrogens is 245 g/mol. The summed E-state index contributed by atoms with van der Waals surface area (Å²) >= 11 is 0. The molecule has 2 atom stereocenters. The Kier molecular flexibility index (Phi) is 3.27. The standard InChI is InChI=1S/C15H18FNO2/c16-13-6-10-4-2-1-3-9(10)5-12(13)14-7-11(8-17-14)15(18)19/h5-6,11,14,17H,1-4,7-8H2,(H,18,19). The minimum atomic E-state index is -0.798. The maximum Gasteiger partial charge on any atom is 0.307 e. The molecule has 0 radical (unpaired) electrons. The van der Waals surface area contributed by atoms with Gasteiger partial charge in [-0.2, -0.15) is 0 Å². The first-order chi connectivity index (χ1) is 9.15. The van der Waals surface area contributed by atoms with Crippen LogP contribution in [0.5, 0.6) is 0 Å². The highest BCUT2D eigenvalue weighted by molar-refractivity contribution is 5.70. The molecule has 1 aromatic rings. The van der Waals surface area contributed by atoms with Gasteiger partial charge in [0.05, 0.1) is 5.92 Å². The lowest BCUT2D eigenvalue weighted by atomic mass is 9.88. The van der Waals surface area contributed by atoms with E-state index in [1.54, 1.807) is 6.07 Å². The van der Waals surface area contributed by atoms with Gasteiger partial charge in [0.2, 0.25) is 0 Å². The maximum absolute atomic E-state index is 14.2. The van der Waals surface area contributed by atoms with E-state index in [0.29, 0.717) is 18.5 Å². The number of aryl methyl sites for hydroxylation is 2. The Bertz CT molecular complexity index is 515. The van der Waals surface area contributed by atoms with E-state index in [1.807, 2.05) is 6.07 Å². The number of carbonyl (C=O) groups is 1. The van der Waals surface area contributed by atoms with E-state index in [-0.39, 0.29) is 11.9 Å². The molecule has 1 aliphatic heterocycles. The average molecular weight is 263 g/mol. The van der Waals surface area contributed by atoms with Gasteiger partial charge in [-0.3, -0.25) is 4.79 Å². The van der Waals surface area contributed by atoms with Crippen LogP contribution in [0.25, 0.3) is 0 Å². The van der Waals surface area contributed by atoms with Crippen LogP contribution in [0, 0.1) is 11.7 Å². The summed E-state index contributed by atoms with van der Waals surface area (Å²) in [5, 5.41) is 12.1. The highest BCUT2D eigenvalue weighted by Crippen LogP contribution is 2.32. The number of carboxylic acids is 1. The van der Waals surface area contributed by atoms with Gasteiger partial charge in [0.25, 0.3) is 0 Å². The summed E-state index contributed by atoms with van der Waals surface area (Å²) in [6.07, 6.45) is 4.74. The number of hydrogen-bond donors (Lipinski definition) is 2. The quantitative estimate of drug-likeness (QED) is 0.861. The summed E-state index contributed by atoms with van der Waals surface area (Å²) in [5.74, 6) is -1.39. The largest absolute Gasteiger partial charge is 0.481 e. The molecule has 4 heteroatoms. The summed E-state index contributed by atoms with van der Waals surface area (Å²) in [6.45, 7) is 0.427. The lowest BCUT2D eigenvalue weighted by Gasteiger charge is -2.20. The molecule has 1 heterocycles. The van der Waals surface area contributed by atoms with Crippen LogP contribution in [0.2, 0.25) is 0 Å². The van der Waals surface area contributed by atoms with E-state index in [1.165, 1.54) is 5.56 Å². The smallest absolute Gasteiger partial charge is 0.307 e. The van der Waals surface area contributed by atoms with Crippen LogP contribution in [-0.4, -0.2) is 17.6 Å². The summed E-state index contributed by atoms with van der Waals surface area (Å²) < 4.78 is 14.2. The van der Waals surface area contributed by atoms with Crippen molar-refractivity contribution < 1.29 is 14.3 Å². The second-order valence-electron chi connectivity index (χ2n) is 5.58. The molecule has 0 spiro atoms. The second-order valence-corrected chi connectivity index (χ2v) is 5.58. The maximum atomic E-state index is 14.2. The van der Waals surface area contributed by atoms with Gasteiger partial charge in [-0.1, -0.05) is 6.07 Å². The minimum Gasteiger partial charge on any atom is -0.481 e. The summed E-state index contributed by atoms with van der Waals surface area (Å²) in [5.41, 5.74) is 3.01. The van der Waals surface area contributed by atoms with E-state index in [9.17, 15) is 9.18 Å². The van der Waals surface area contributed by atoms with Gasteiger partial charge in [0, 0.05) is 18.2 Å². The topological polar surface area (TPSA) is 49.3 Å². The highest BCUT2D eigenvalue weighted by atomic mass is 19.1. The lowest BCUT2D eigenvalue weighted by molar-refractivity contribution is -0.141. The molecular formula is C15H18FNO2. The zero-order chi connectivity index (χ0) is 13.4. The van der Waals surface area contributed by atoms with Gasteiger partial charge >= 0.3 is 5.97 Å². The van der Waals surface area contributed by atoms with Crippen molar-refractivity contribution in [1.29, 1.82) is 0 Å². The van der Waals surface area contributed by atoms with E-state index in [0.717, 1.165) is 31.2 Å². The molecule has 0 amide bonds. The van der Waals surface area contributed by atoms with Gasteiger partial charge in [-0.05, 0) is 49.3 Å². The van der Waals surface area contributed by atoms with Gasteiger partial charge < -0.3 is 10.4 Å². The molecule has 1 aromatic carbocycles. The highest BCUT2D eigenvalue weighted by Gasteiger charge is 2.32. The molecule has 102 valence electrons. The number of benzene rings is 1. The van der Waals surface area contributed by atoms with Crippen molar-refractivity contribution >= 4 is 5.97 Å². The molecule has 2 unspecified atom stereocenters. The normalized spacial score (nSPS) is 26.2. The van der Waals surface area contributed by atoms with Crippen molar-refractivity contribution in [3.8, 4) is 0 Å². The fraction of sp³-hybridized carbons (Fsp3) is 0.533. The molecule has 3 nitrogen and oxygen atoms in total. The molecule has 1 aliphatic carbocycles. The number of nitrogens with one attached hydrogen (secondary N) is 1. The Morgan fingerprint density at radius 3 is 2.58 bits per heavy atom. The monoisotopic (exact) mass is 263 g/mol. The van der Waals surface area contributed by atoms with Crippen molar-refractivity contribution in [2.24, 2.45) is 5.92 Å². The summed E-state index contributed by atoms with van der Waals surface area (Å²) in [4.78, 5) is 11.0. The predicted molar refractivity (Wildman–Crippen MR) is 69.5 cm³/mol. The lowest BCUT2D eigenvalue weighted by Crippen LogP contribution is -2.18. The van der Waals surface area contributed by atoms with Gasteiger partial charge in [0.15, 0.2) is 0 Å². The summed E-state index contributed by atoms with van der Waals surface area (Å²) in [6, 6.07) is 3.44. The molecule has 1 saturated heterocycles. The molecule has 19 heavy (non-hydrogen) atoms. The number of rotatable bonds is 2. The molecule has 0 bridgehead atoms. The molecule has 2 N–H and O–H groups in total. The van der Waals surface area contributed by atoms with E-state index in [4.69, 9.17) is 5.11 Å². The van der Waals surface area contributed by atoms with Gasteiger partial charge in [0.1, 0.15) is 5.82 Å². The zero-order valence-electron chi connectivity index (χ0n) is 10.8. The molecule has 0 aromatic heterocycles. The van der Waals surface area contributed by atoms with Crippen molar-refractivity contribution in [2.45, 2.75) is 38.1 Å². The van der Waals surface area contributed by atoms with Crippen LogP contribution in [0.15, 0.2) is 12.1 Å². The van der Waals surface area contributed by atoms with Gasteiger partial charge in [-0.15, -0.1) is 0 Å². The van der Waals surface area contributed by atoms with Crippen LogP contribution in [0.1, 0.15) is 42.0 Å². The third-order valence-corrected chi connectivity index (χ3v) is 4.32. The number of halogens is 1. The Hall–Kier alpha value is -1.42. The first-order valence-electron chi connectivity index (χ1n) is 6.92. The van der Waals surface area contributed by atoms with Crippen LogP contribution in [0.4, 0.5) is 4.39 Å².